The van der Waals surface area contributed by atoms with Crippen LogP contribution in [0.3, 0.4) is 0 Å². The van der Waals surface area contributed by atoms with Gasteiger partial charge in [0, 0.05) is 23.7 Å². The molecule has 12 heteroatoms. The van der Waals surface area contributed by atoms with E-state index in [2.05, 4.69) is 20.7 Å². The average molecular weight is 463 g/mol. The van der Waals surface area contributed by atoms with E-state index in [0.717, 1.165) is 12.1 Å². The van der Waals surface area contributed by atoms with Gasteiger partial charge in [0.25, 0.3) is 5.91 Å². The number of rotatable bonds is 7. The van der Waals surface area contributed by atoms with Crippen molar-refractivity contribution in [1.29, 1.82) is 0 Å². The van der Waals surface area contributed by atoms with Crippen molar-refractivity contribution in [2.24, 2.45) is 5.92 Å². The normalized spacial score (nSPS) is 31.2. The molecule has 0 aromatic heterocycles. The Hall–Kier alpha value is -2.47. The molecule has 1 aliphatic heterocycles. The minimum atomic E-state index is -4.72. The molecule has 1 heterocycles. The largest absolute Gasteiger partial charge is 0.524 e. The van der Waals surface area contributed by atoms with Crippen molar-refractivity contribution in [3.63, 3.8) is 0 Å². The zero-order chi connectivity index (χ0) is 23.1. The van der Waals surface area contributed by atoms with Crippen molar-refractivity contribution in [3.8, 4) is 5.75 Å². The molecule has 0 spiro atoms. The first kappa shape index (κ1) is 22.7. The molecule has 4 aliphatic rings. The Bertz CT molecular complexity index is 882. The van der Waals surface area contributed by atoms with Crippen molar-refractivity contribution in [3.05, 3.63) is 29.8 Å². The van der Waals surface area contributed by atoms with Crippen LogP contribution in [0, 0.1) is 17.6 Å². The Morgan fingerprint density at radius 2 is 1.75 bits per heavy atom. The fourth-order valence-electron chi connectivity index (χ4n) is 4.78. The Kier molecular flexibility index (Phi) is 5.78. The van der Waals surface area contributed by atoms with Gasteiger partial charge >= 0.3 is 6.36 Å². The molecule has 5 rings (SSSR count). The average Bonchev–Trinajstić information content (AvgIpc) is 2.65. The number of ether oxygens (including phenoxy) is 2. The molecule has 2 unspecified atom stereocenters. The lowest BCUT2D eigenvalue weighted by Crippen LogP contribution is -2.84. The van der Waals surface area contributed by atoms with E-state index in [9.17, 15) is 31.5 Å². The highest BCUT2D eigenvalue weighted by Gasteiger charge is 2.69. The summed E-state index contributed by atoms with van der Waals surface area (Å²) in [6.07, 6.45) is -3.89. The number of piperidine rings is 1. The second kappa shape index (κ2) is 8.14. The van der Waals surface area contributed by atoms with Crippen molar-refractivity contribution in [2.45, 2.75) is 55.8 Å². The van der Waals surface area contributed by atoms with Crippen LogP contribution in [0.5, 0.6) is 5.75 Å². The third-order valence-electron chi connectivity index (χ3n) is 6.10. The summed E-state index contributed by atoms with van der Waals surface area (Å²) in [7, 11) is 0. The molecule has 1 saturated heterocycles. The molecule has 2 atom stereocenters. The fourth-order valence-corrected chi connectivity index (χ4v) is 4.78. The molecule has 3 saturated carbocycles. The first-order valence-electron chi connectivity index (χ1n) is 10.2. The number of halogens is 5. The second-order valence-corrected chi connectivity index (χ2v) is 8.73. The van der Waals surface area contributed by atoms with Crippen LogP contribution in [0.1, 0.15) is 32.1 Å². The van der Waals surface area contributed by atoms with Crippen LogP contribution < -0.4 is 20.7 Å². The standard InChI is InChI=1S/C20H22F5N3O4/c21-13-3-2-12(5-14(13)22)31-7-15(29)27-18-8-19(9-18,10-18)28-17(30)11-1-4-16(26-6-11)32-20(23,24)25/h2-3,5,11,16,26H,1,4,6-10H2,(H,27,29)(H,28,30). The summed E-state index contributed by atoms with van der Waals surface area (Å²) in [4.78, 5) is 24.6. The van der Waals surface area contributed by atoms with Crippen molar-refractivity contribution >= 4 is 11.8 Å². The van der Waals surface area contributed by atoms with E-state index in [1.807, 2.05) is 0 Å². The highest BCUT2D eigenvalue weighted by Crippen LogP contribution is 2.60. The third kappa shape index (κ3) is 4.96. The summed E-state index contributed by atoms with van der Waals surface area (Å²) in [5.74, 6) is -3.15. The highest BCUT2D eigenvalue weighted by atomic mass is 19.4. The second-order valence-electron chi connectivity index (χ2n) is 8.73. The first-order chi connectivity index (χ1) is 15.0. The number of benzene rings is 1. The molecule has 7 nitrogen and oxygen atoms in total. The molecule has 4 fully saturated rings. The van der Waals surface area contributed by atoms with Gasteiger partial charge in [-0.3, -0.25) is 19.6 Å². The number of amides is 2. The molecule has 3 aliphatic carbocycles. The van der Waals surface area contributed by atoms with E-state index >= 15 is 0 Å². The maximum absolute atomic E-state index is 13.2. The van der Waals surface area contributed by atoms with Crippen LogP contribution in [0.15, 0.2) is 18.2 Å². The van der Waals surface area contributed by atoms with Crippen molar-refractivity contribution in [2.75, 3.05) is 13.2 Å². The van der Waals surface area contributed by atoms with Crippen molar-refractivity contribution < 1.29 is 41.0 Å². The van der Waals surface area contributed by atoms with E-state index in [4.69, 9.17) is 4.74 Å². The first-order valence-corrected chi connectivity index (χ1v) is 10.2. The topological polar surface area (TPSA) is 88.7 Å². The fraction of sp³-hybridized carbons (Fsp3) is 0.600. The molecular weight excluding hydrogens is 441 g/mol. The Balaban J connectivity index is 1.16. The molecular formula is C20H22F5N3O4. The van der Waals surface area contributed by atoms with Crippen LogP contribution in [-0.4, -0.2) is 48.6 Å². The van der Waals surface area contributed by atoms with E-state index in [-0.39, 0.29) is 37.6 Å². The quantitative estimate of drug-likeness (QED) is 0.540. The lowest BCUT2D eigenvalue weighted by Gasteiger charge is -2.70. The molecule has 1 aromatic rings. The van der Waals surface area contributed by atoms with E-state index < -0.39 is 47.1 Å². The molecule has 32 heavy (non-hydrogen) atoms. The summed E-state index contributed by atoms with van der Waals surface area (Å²) < 4.78 is 72.0. The number of carbonyl (C=O) groups is 2. The minimum Gasteiger partial charge on any atom is -0.484 e. The van der Waals surface area contributed by atoms with Gasteiger partial charge in [0.2, 0.25) is 5.91 Å². The SMILES string of the molecule is O=C(COc1ccc(F)c(F)c1)NC12CC(NC(=O)C3CCC(OC(F)(F)F)NC3)(C1)C2. The molecule has 176 valence electrons. The van der Waals surface area contributed by atoms with Gasteiger partial charge in [-0.2, -0.15) is 0 Å². The zero-order valence-electron chi connectivity index (χ0n) is 16.9. The summed E-state index contributed by atoms with van der Waals surface area (Å²) in [5, 5.41) is 8.39. The molecule has 2 amide bonds. The number of hydrogen-bond acceptors (Lipinski definition) is 5. The van der Waals surface area contributed by atoms with Gasteiger partial charge in [-0.05, 0) is 44.2 Å². The van der Waals surface area contributed by atoms with Crippen LogP contribution >= 0.6 is 0 Å². The third-order valence-corrected chi connectivity index (χ3v) is 6.10. The summed E-state index contributed by atoms with van der Waals surface area (Å²) >= 11 is 0. The van der Waals surface area contributed by atoms with E-state index in [1.165, 1.54) is 6.07 Å². The zero-order valence-corrected chi connectivity index (χ0v) is 16.9. The maximum Gasteiger partial charge on any atom is 0.524 e. The van der Waals surface area contributed by atoms with E-state index in [0.29, 0.717) is 19.3 Å². The van der Waals surface area contributed by atoms with Gasteiger partial charge in [-0.1, -0.05) is 0 Å². The lowest BCUT2D eigenvalue weighted by atomic mass is 9.44. The van der Waals surface area contributed by atoms with Crippen LogP contribution in [0.25, 0.3) is 0 Å². The maximum atomic E-state index is 13.2. The summed E-state index contributed by atoms with van der Waals surface area (Å²) in [5.41, 5.74) is -0.844. The number of alkyl halides is 3. The van der Waals surface area contributed by atoms with E-state index in [1.54, 1.807) is 0 Å². The van der Waals surface area contributed by atoms with Gasteiger partial charge in [-0.15, -0.1) is 13.2 Å². The number of carbonyl (C=O) groups excluding carboxylic acids is 2. The Morgan fingerprint density at radius 1 is 1.06 bits per heavy atom. The Labute approximate surface area is 180 Å². The smallest absolute Gasteiger partial charge is 0.484 e. The molecule has 0 radical (unpaired) electrons. The molecule has 2 bridgehead atoms. The summed E-state index contributed by atoms with van der Waals surface area (Å²) in [6.45, 7) is -0.271. The minimum absolute atomic E-state index is 0.0318. The van der Waals surface area contributed by atoms with Gasteiger partial charge < -0.3 is 15.4 Å². The van der Waals surface area contributed by atoms with Crippen LogP contribution in [0.2, 0.25) is 0 Å². The van der Waals surface area contributed by atoms with Crippen LogP contribution in [0.4, 0.5) is 22.0 Å². The van der Waals surface area contributed by atoms with Crippen molar-refractivity contribution in [1.82, 2.24) is 16.0 Å². The van der Waals surface area contributed by atoms with Gasteiger partial charge in [0.05, 0.1) is 5.92 Å². The predicted octanol–water partition coefficient (Wildman–Crippen LogP) is 2.11. The summed E-state index contributed by atoms with van der Waals surface area (Å²) in [6, 6.07) is 2.97. The van der Waals surface area contributed by atoms with Crippen LogP contribution in [-0.2, 0) is 14.3 Å². The highest BCUT2D eigenvalue weighted by molar-refractivity contribution is 5.82. The molecule has 3 N–H and O–H groups in total. The lowest BCUT2D eigenvalue weighted by molar-refractivity contribution is -0.348. The predicted molar refractivity (Wildman–Crippen MR) is 99.1 cm³/mol. The van der Waals surface area contributed by atoms with Gasteiger partial charge in [0.15, 0.2) is 18.2 Å². The number of hydrogen-bond donors (Lipinski definition) is 3. The molecule has 1 aromatic carbocycles. The van der Waals surface area contributed by atoms with Gasteiger partial charge in [-0.25, -0.2) is 8.78 Å². The number of nitrogens with one attached hydrogen (secondary N) is 3. The van der Waals surface area contributed by atoms with Gasteiger partial charge in [0.1, 0.15) is 12.0 Å². The Morgan fingerprint density at radius 3 is 2.34 bits per heavy atom. The monoisotopic (exact) mass is 463 g/mol.